The van der Waals surface area contributed by atoms with Gasteiger partial charge in [0.15, 0.2) is 27.8 Å². The number of aliphatic carboxylic acids is 1. The summed E-state index contributed by atoms with van der Waals surface area (Å²) in [5.41, 5.74) is 5.25. The molecular weight excluding hydrogens is 498 g/mol. The Bertz CT molecular complexity index is 1480. The Hall–Kier alpha value is -4.03. The molecule has 2 aromatic heterocycles. The molecular formula is C25H29N5O6S. The van der Waals surface area contributed by atoms with Gasteiger partial charge in [0.1, 0.15) is 0 Å². The van der Waals surface area contributed by atoms with Crippen molar-refractivity contribution < 1.29 is 25.1 Å². The molecule has 196 valence electrons. The van der Waals surface area contributed by atoms with Gasteiger partial charge in [-0.25, -0.2) is 9.78 Å². The number of H-pyrrole nitrogens is 1. The standard InChI is InChI=1S/C15H14N4O4S.C10H15NO2/c1-18-12-11(13(22)17-14(18)23)19(7-9-5-3-2-4-6-9)15(16-12)24-8-10(20)21;1-12-9-4-3-8(5-6-11)7-10(9)13-2/h2-6H,7-8H2,1H3,(H,20,21)(H,17,22,23);3-4,7H,5-6,11H2,1-2H3. The summed E-state index contributed by atoms with van der Waals surface area (Å²) in [4.78, 5) is 41.3. The summed E-state index contributed by atoms with van der Waals surface area (Å²) in [5.74, 6) is 0.0223. The number of carboxylic acids is 1. The molecule has 4 rings (SSSR count). The Morgan fingerprint density at radius 3 is 2.41 bits per heavy atom. The molecule has 0 amide bonds. The topological polar surface area (TPSA) is 159 Å². The average molecular weight is 528 g/mol. The van der Waals surface area contributed by atoms with E-state index in [4.69, 9.17) is 9.47 Å². The summed E-state index contributed by atoms with van der Waals surface area (Å²) in [6, 6.07) is 15.3. The quantitative estimate of drug-likeness (QED) is 0.283. The molecule has 37 heavy (non-hydrogen) atoms. The van der Waals surface area contributed by atoms with E-state index in [-0.39, 0.29) is 16.9 Å². The first kappa shape index (κ1) is 27.6. The molecule has 0 aliphatic carbocycles. The maximum atomic E-state index is 12.2. The van der Waals surface area contributed by atoms with Crippen LogP contribution >= 0.6 is 11.8 Å². The lowest BCUT2D eigenvalue weighted by Gasteiger charge is -2.09. The fraction of sp³-hybridized carbons (Fsp3) is 0.280. The normalized spacial score (nSPS) is 10.6. The number of quaternary nitrogens is 1. The van der Waals surface area contributed by atoms with E-state index in [1.807, 2.05) is 48.5 Å². The summed E-state index contributed by atoms with van der Waals surface area (Å²) < 4.78 is 13.1. The number of methoxy groups -OCH3 is 2. The number of carbonyl (C=O) groups excluding carboxylic acids is 1. The van der Waals surface area contributed by atoms with Crippen molar-refractivity contribution >= 4 is 28.9 Å². The van der Waals surface area contributed by atoms with Crippen LogP contribution in [0.15, 0.2) is 63.3 Å². The van der Waals surface area contributed by atoms with Crippen molar-refractivity contribution in [3.63, 3.8) is 0 Å². The molecule has 0 atom stereocenters. The van der Waals surface area contributed by atoms with Gasteiger partial charge in [-0.2, -0.15) is 0 Å². The second kappa shape index (κ2) is 12.8. The number of ether oxygens (including phenoxy) is 2. The second-order valence-electron chi connectivity index (χ2n) is 7.91. The maximum absolute atomic E-state index is 12.2. The highest BCUT2D eigenvalue weighted by molar-refractivity contribution is 7.99. The van der Waals surface area contributed by atoms with Crippen LogP contribution in [0.3, 0.4) is 0 Å². The molecule has 0 saturated carbocycles. The van der Waals surface area contributed by atoms with Crippen molar-refractivity contribution in [1.29, 1.82) is 0 Å². The molecule has 2 heterocycles. The van der Waals surface area contributed by atoms with Crippen LogP contribution in [0.25, 0.3) is 11.2 Å². The monoisotopic (exact) mass is 527 g/mol. The van der Waals surface area contributed by atoms with E-state index in [0.717, 1.165) is 41.8 Å². The SMILES string of the molecule is COc1ccc(CC[NH3+])cc1OC.Cn1c(=O)[nH]c(=O)c2c1nc(SCC(=O)[O-])n2Cc1ccccc1. The first-order chi connectivity index (χ1) is 17.8. The fourth-order valence-electron chi connectivity index (χ4n) is 3.60. The lowest BCUT2D eigenvalue weighted by molar-refractivity contribution is -0.366. The van der Waals surface area contributed by atoms with E-state index in [0.29, 0.717) is 11.7 Å². The predicted octanol–water partition coefficient (Wildman–Crippen LogP) is -0.198. The van der Waals surface area contributed by atoms with Crippen LogP contribution < -0.4 is 31.6 Å². The third-order valence-corrected chi connectivity index (χ3v) is 6.34. The summed E-state index contributed by atoms with van der Waals surface area (Å²) in [6.45, 7) is 1.23. The molecule has 12 heteroatoms. The molecule has 4 aromatic rings. The van der Waals surface area contributed by atoms with Crippen molar-refractivity contribution in [2.24, 2.45) is 7.05 Å². The number of aryl methyl sites for hydroxylation is 1. The summed E-state index contributed by atoms with van der Waals surface area (Å²) in [5, 5.41) is 11.1. The number of rotatable bonds is 9. The van der Waals surface area contributed by atoms with E-state index in [1.54, 1.807) is 18.8 Å². The van der Waals surface area contributed by atoms with E-state index < -0.39 is 17.2 Å². The van der Waals surface area contributed by atoms with Crippen LogP contribution in [0.5, 0.6) is 11.5 Å². The van der Waals surface area contributed by atoms with Crippen LogP contribution in [0.1, 0.15) is 11.1 Å². The molecule has 11 nitrogen and oxygen atoms in total. The van der Waals surface area contributed by atoms with Crippen LogP contribution in [-0.4, -0.2) is 51.6 Å². The van der Waals surface area contributed by atoms with Crippen LogP contribution in [0.2, 0.25) is 0 Å². The van der Waals surface area contributed by atoms with Gasteiger partial charge in [0.05, 0.1) is 33.3 Å². The third kappa shape index (κ3) is 6.80. The molecule has 0 aliphatic heterocycles. The smallest absolute Gasteiger partial charge is 0.329 e. The molecule has 0 fully saturated rings. The highest BCUT2D eigenvalue weighted by atomic mass is 32.2. The number of carbonyl (C=O) groups is 1. The molecule has 0 unspecified atom stereocenters. The van der Waals surface area contributed by atoms with Crippen molar-refractivity contribution in [3.8, 4) is 11.5 Å². The Kier molecular flexibility index (Phi) is 9.52. The Morgan fingerprint density at radius 1 is 1.08 bits per heavy atom. The van der Waals surface area contributed by atoms with Crippen LogP contribution in [0, 0.1) is 0 Å². The minimum Gasteiger partial charge on any atom is -0.549 e. The zero-order valence-corrected chi connectivity index (χ0v) is 21.7. The number of aromatic amines is 1. The summed E-state index contributed by atoms with van der Waals surface area (Å²) >= 11 is 0.945. The van der Waals surface area contributed by atoms with Crippen molar-refractivity contribution in [2.45, 2.75) is 18.1 Å². The Morgan fingerprint density at radius 2 is 1.78 bits per heavy atom. The van der Waals surface area contributed by atoms with Gasteiger partial charge in [0.2, 0.25) is 0 Å². The number of hydrogen-bond acceptors (Lipinski definition) is 8. The maximum Gasteiger partial charge on any atom is 0.329 e. The molecule has 0 spiro atoms. The van der Waals surface area contributed by atoms with E-state index in [2.05, 4.69) is 15.7 Å². The van der Waals surface area contributed by atoms with Crippen molar-refractivity contribution in [2.75, 3.05) is 26.5 Å². The average Bonchev–Trinajstić information content (AvgIpc) is 3.26. The first-order valence-corrected chi connectivity index (χ1v) is 12.3. The minimum atomic E-state index is -1.24. The molecule has 0 radical (unpaired) electrons. The number of thioether (sulfide) groups is 1. The molecule has 0 bridgehead atoms. The van der Waals surface area contributed by atoms with Gasteiger partial charge in [-0.1, -0.05) is 48.2 Å². The minimum absolute atomic E-state index is 0.209. The third-order valence-electron chi connectivity index (χ3n) is 5.39. The van der Waals surface area contributed by atoms with E-state index in [1.165, 1.54) is 17.2 Å². The molecule has 0 aliphatic rings. The van der Waals surface area contributed by atoms with Gasteiger partial charge in [0.25, 0.3) is 5.56 Å². The van der Waals surface area contributed by atoms with E-state index >= 15 is 0 Å². The lowest BCUT2D eigenvalue weighted by Crippen LogP contribution is -2.51. The molecule has 0 saturated heterocycles. The number of nitrogens with zero attached hydrogens (tertiary/aromatic N) is 3. The van der Waals surface area contributed by atoms with Gasteiger partial charge < -0.3 is 29.7 Å². The molecule has 2 aromatic carbocycles. The number of fused-ring (bicyclic) bond motifs is 1. The van der Waals surface area contributed by atoms with Gasteiger partial charge in [-0.15, -0.1) is 0 Å². The zero-order chi connectivity index (χ0) is 26.9. The van der Waals surface area contributed by atoms with Gasteiger partial charge in [-0.3, -0.25) is 14.3 Å². The van der Waals surface area contributed by atoms with Crippen LogP contribution in [-0.2, 0) is 24.8 Å². The highest BCUT2D eigenvalue weighted by Gasteiger charge is 2.18. The second-order valence-corrected chi connectivity index (χ2v) is 8.85. The highest BCUT2D eigenvalue weighted by Crippen LogP contribution is 2.27. The Balaban J connectivity index is 0.000000248. The predicted molar refractivity (Wildman–Crippen MR) is 138 cm³/mol. The number of benzene rings is 2. The van der Waals surface area contributed by atoms with Crippen molar-refractivity contribution in [3.05, 3.63) is 80.5 Å². The lowest BCUT2D eigenvalue weighted by atomic mass is 10.1. The number of carboxylic acid groups (broad SMARTS) is 1. The van der Waals surface area contributed by atoms with Crippen molar-refractivity contribution in [1.82, 2.24) is 19.1 Å². The largest absolute Gasteiger partial charge is 0.549 e. The van der Waals surface area contributed by atoms with Gasteiger partial charge in [0, 0.05) is 19.2 Å². The molecule has 4 N–H and O–H groups in total. The van der Waals surface area contributed by atoms with Gasteiger partial charge in [-0.05, 0) is 23.3 Å². The number of nitrogens with one attached hydrogen (secondary N) is 1. The van der Waals surface area contributed by atoms with Gasteiger partial charge >= 0.3 is 5.69 Å². The Labute approximate surface area is 216 Å². The number of aromatic nitrogens is 4. The van der Waals surface area contributed by atoms with Crippen LogP contribution in [0.4, 0.5) is 0 Å². The number of imidazole rings is 1. The zero-order valence-electron chi connectivity index (χ0n) is 20.9. The fourth-order valence-corrected chi connectivity index (χ4v) is 4.31. The first-order valence-electron chi connectivity index (χ1n) is 11.3. The van der Waals surface area contributed by atoms with E-state index in [9.17, 15) is 19.5 Å². The summed E-state index contributed by atoms with van der Waals surface area (Å²) in [7, 11) is 4.78. The number of hydrogen-bond donors (Lipinski definition) is 2. The summed E-state index contributed by atoms with van der Waals surface area (Å²) in [6.07, 6.45) is 0.973.